The van der Waals surface area contributed by atoms with E-state index in [2.05, 4.69) is 5.32 Å². The predicted octanol–water partition coefficient (Wildman–Crippen LogP) is 0.251. The zero-order valence-electron chi connectivity index (χ0n) is 8.95. The van der Waals surface area contributed by atoms with Gasteiger partial charge < -0.3 is 20.6 Å². The highest BCUT2D eigenvalue weighted by molar-refractivity contribution is 5.86. The number of amides is 1. The first-order valence-electron chi connectivity index (χ1n) is 4.82. The maximum Gasteiger partial charge on any atom is 0.372 e. The number of nitrogens with one attached hydrogen (secondary N) is 1. The fourth-order valence-corrected chi connectivity index (χ4v) is 1.27. The largest absolute Gasteiger partial charge is 0.475 e. The van der Waals surface area contributed by atoms with E-state index in [0.29, 0.717) is 24.4 Å². The van der Waals surface area contributed by atoms with Crippen molar-refractivity contribution in [2.24, 2.45) is 5.73 Å². The summed E-state index contributed by atoms with van der Waals surface area (Å²) in [6, 6.07) is 1.65. The van der Waals surface area contributed by atoms with E-state index in [1.54, 1.807) is 13.0 Å². The van der Waals surface area contributed by atoms with Gasteiger partial charge in [0.15, 0.2) is 0 Å². The number of aromatic carboxylic acids is 1. The molecule has 0 radical (unpaired) electrons. The molecule has 0 aliphatic heterocycles. The molecule has 0 saturated carbocycles. The normalized spacial score (nSPS) is 10.3. The Bertz CT molecular complexity index is 398. The van der Waals surface area contributed by atoms with Crippen LogP contribution in [0.1, 0.15) is 28.3 Å². The first-order chi connectivity index (χ1) is 7.50. The molecule has 16 heavy (non-hydrogen) atoms. The predicted molar refractivity (Wildman–Crippen MR) is 55.9 cm³/mol. The lowest BCUT2D eigenvalue weighted by molar-refractivity contribution is -0.117. The van der Waals surface area contributed by atoms with Gasteiger partial charge >= 0.3 is 5.97 Å². The maximum atomic E-state index is 10.7. The molecule has 6 heteroatoms. The van der Waals surface area contributed by atoms with Crippen molar-refractivity contribution >= 4 is 11.9 Å². The zero-order chi connectivity index (χ0) is 12.1. The fraction of sp³-hybridized carbons (Fsp3) is 0.400. The molecule has 1 aromatic heterocycles. The van der Waals surface area contributed by atoms with Gasteiger partial charge in [-0.2, -0.15) is 0 Å². The molecule has 1 rings (SSSR count). The molecule has 0 aliphatic carbocycles. The summed E-state index contributed by atoms with van der Waals surface area (Å²) in [5, 5.41) is 11.7. The van der Waals surface area contributed by atoms with Gasteiger partial charge in [0.05, 0.1) is 6.54 Å². The Balaban J connectivity index is 2.46. The molecule has 0 saturated heterocycles. The third-order valence-electron chi connectivity index (χ3n) is 2.01. The summed E-state index contributed by atoms with van der Waals surface area (Å²) in [5.74, 6) is -0.985. The highest BCUT2D eigenvalue weighted by Crippen LogP contribution is 2.14. The van der Waals surface area contributed by atoms with E-state index >= 15 is 0 Å². The van der Waals surface area contributed by atoms with Crippen LogP contribution in [0.2, 0.25) is 0 Å². The first kappa shape index (κ1) is 12.3. The Morgan fingerprint density at radius 2 is 2.25 bits per heavy atom. The molecule has 0 fully saturated rings. The minimum atomic E-state index is -1.08. The van der Waals surface area contributed by atoms with E-state index in [4.69, 9.17) is 15.3 Å². The van der Waals surface area contributed by atoms with E-state index in [9.17, 15) is 9.59 Å². The minimum absolute atomic E-state index is 0.0494. The number of nitrogens with two attached hydrogens (primary N) is 1. The van der Waals surface area contributed by atoms with Gasteiger partial charge in [0.2, 0.25) is 11.7 Å². The number of carboxylic acid groups (broad SMARTS) is 1. The SMILES string of the molecule is Cc1cc(CNCCC(N)=O)oc1C(=O)O. The number of aryl methyl sites for hydroxylation is 1. The number of hydrogen-bond donors (Lipinski definition) is 3. The Hall–Kier alpha value is -1.82. The van der Waals surface area contributed by atoms with E-state index in [1.807, 2.05) is 0 Å². The number of furan rings is 1. The van der Waals surface area contributed by atoms with Crippen molar-refractivity contribution in [1.82, 2.24) is 5.32 Å². The molecule has 88 valence electrons. The Kier molecular flexibility index (Phi) is 4.07. The molecule has 4 N–H and O–H groups in total. The van der Waals surface area contributed by atoms with Crippen molar-refractivity contribution in [1.29, 1.82) is 0 Å². The minimum Gasteiger partial charge on any atom is -0.475 e. The van der Waals surface area contributed by atoms with Gasteiger partial charge in [0.25, 0.3) is 0 Å². The van der Waals surface area contributed by atoms with Crippen LogP contribution >= 0.6 is 0 Å². The van der Waals surface area contributed by atoms with Gasteiger partial charge in [0.1, 0.15) is 5.76 Å². The Morgan fingerprint density at radius 3 is 2.75 bits per heavy atom. The molecular weight excluding hydrogens is 212 g/mol. The van der Waals surface area contributed by atoms with Crippen molar-refractivity contribution in [3.05, 3.63) is 23.2 Å². The molecule has 0 unspecified atom stereocenters. The van der Waals surface area contributed by atoms with Crippen molar-refractivity contribution in [3.8, 4) is 0 Å². The molecule has 0 bridgehead atoms. The summed E-state index contributed by atoms with van der Waals surface area (Å²) >= 11 is 0. The second-order valence-electron chi connectivity index (χ2n) is 3.42. The third-order valence-corrected chi connectivity index (χ3v) is 2.01. The van der Waals surface area contributed by atoms with Crippen LogP contribution in [0.3, 0.4) is 0 Å². The van der Waals surface area contributed by atoms with Crippen LogP contribution in [0, 0.1) is 6.92 Å². The van der Waals surface area contributed by atoms with Gasteiger partial charge in [-0.15, -0.1) is 0 Å². The van der Waals surface area contributed by atoms with Gasteiger partial charge in [-0.25, -0.2) is 4.79 Å². The molecule has 0 aromatic carbocycles. The summed E-state index contributed by atoms with van der Waals surface area (Å²) in [6.45, 7) is 2.48. The number of rotatable bonds is 6. The monoisotopic (exact) mass is 226 g/mol. The van der Waals surface area contributed by atoms with Crippen LogP contribution < -0.4 is 11.1 Å². The second kappa shape index (κ2) is 5.32. The number of hydrogen-bond acceptors (Lipinski definition) is 4. The molecule has 1 amide bonds. The lowest BCUT2D eigenvalue weighted by Gasteiger charge is -1.99. The smallest absolute Gasteiger partial charge is 0.372 e. The molecule has 1 aromatic rings. The lowest BCUT2D eigenvalue weighted by Crippen LogP contribution is -2.21. The molecular formula is C10H14N2O4. The molecule has 0 spiro atoms. The summed E-state index contributed by atoms with van der Waals surface area (Å²) in [4.78, 5) is 21.1. The van der Waals surface area contributed by atoms with Gasteiger partial charge in [-0.05, 0) is 13.0 Å². The van der Waals surface area contributed by atoms with Crippen molar-refractivity contribution in [2.75, 3.05) is 6.54 Å². The van der Waals surface area contributed by atoms with E-state index in [1.165, 1.54) is 0 Å². The number of carbonyl (C=O) groups excluding carboxylic acids is 1. The summed E-state index contributed by atoms with van der Waals surface area (Å²) in [5.41, 5.74) is 5.54. The highest BCUT2D eigenvalue weighted by atomic mass is 16.4. The molecule has 6 nitrogen and oxygen atoms in total. The van der Waals surface area contributed by atoms with Crippen LogP contribution in [0.4, 0.5) is 0 Å². The zero-order valence-corrected chi connectivity index (χ0v) is 8.95. The highest BCUT2D eigenvalue weighted by Gasteiger charge is 2.13. The molecule has 0 atom stereocenters. The van der Waals surface area contributed by atoms with Crippen molar-refractivity contribution in [3.63, 3.8) is 0 Å². The number of carboxylic acids is 1. The van der Waals surface area contributed by atoms with E-state index in [-0.39, 0.29) is 18.1 Å². The van der Waals surface area contributed by atoms with E-state index in [0.717, 1.165) is 0 Å². The van der Waals surface area contributed by atoms with Gasteiger partial charge in [-0.1, -0.05) is 0 Å². The quantitative estimate of drug-likeness (QED) is 0.603. The average Bonchev–Trinajstić information content (AvgIpc) is 2.54. The Morgan fingerprint density at radius 1 is 1.56 bits per heavy atom. The van der Waals surface area contributed by atoms with Crippen LogP contribution in [-0.4, -0.2) is 23.5 Å². The number of primary amides is 1. The lowest BCUT2D eigenvalue weighted by atomic mass is 10.2. The first-order valence-corrected chi connectivity index (χ1v) is 4.82. The van der Waals surface area contributed by atoms with Crippen LogP contribution in [-0.2, 0) is 11.3 Å². The van der Waals surface area contributed by atoms with E-state index < -0.39 is 5.97 Å². The van der Waals surface area contributed by atoms with Crippen LogP contribution in [0.25, 0.3) is 0 Å². The van der Waals surface area contributed by atoms with Gasteiger partial charge in [0, 0.05) is 18.5 Å². The van der Waals surface area contributed by atoms with Crippen LogP contribution in [0.5, 0.6) is 0 Å². The molecule has 0 aliphatic rings. The topological polar surface area (TPSA) is 106 Å². The average molecular weight is 226 g/mol. The van der Waals surface area contributed by atoms with Crippen LogP contribution in [0.15, 0.2) is 10.5 Å². The standard InChI is InChI=1S/C10H14N2O4/c1-6-4-7(16-9(6)10(14)15)5-12-3-2-8(11)13/h4,12H,2-3,5H2,1H3,(H2,11,13)(H,14,15). The Labute approximate surface area is 92.4 Å². The summed E-state index contributed by atoms with van der Waals surface area (Å²) < 4.78 is 5.10. The van der Waals surface area contributed by atoms with Gasteiger partial charge in [-0.3, -0.25) is 4.79 Å². The number of carbonyl (C=O) groups is 2. The molecule has 1 heterocycles. The van der Waals surface area contributed by atoms with Crippen molar-refractivity contribution < 1.29 is 19.1 Å². The second-order valence-corrected chi connectivity index (χ2v) is 3.42. The third kappa shape index (κ3) is 3.39. The van der Waals surface area contributed by atoms with Crippen molar-refractivity contribution in [2.45, 2.75) is 19.9 Å². The maximum absolute atomic E-state index is 10.7. The fourth-order valence-electron chi connectivity index (χ4n) is 1.27. The summed E-state index contributed by atoms with van der Waals surface area (Å²) in [6.07, 6.45) is 0.242. The summed E-state index contributed by atoms with van der Waals surface area (Å²) in [7, 11) is 0.